The van der Waals surface area contributed by atoms with Crippen molar-refractivity contribution in [2.24, 2.45) is 5.92 Å². The van der Waals surface area contributed by atoms with Crippen molar-refractivity contribution in [3.63, 3.8) is 0 Å². The van der Waals surface area contributed by atoms with Crippen LogP contribution in [0.2, 0.25) is 0 Å². The Morgan fingerprint density at radius 1 is 1.08 bits per heavy atom. The van der Waals surface area contributed by atoms with Crippen molar-refractivity contribution in [1.29, 1.82) is 0 Å². The van der Waals surface area contributed by atoms with Gasteiger partial charge in [0.1, 0.15) is 6.04 Å². The number of anilines is 1. The summed E-state index contributed by atoms with van der Waals surface area (Å²) < 4.78 is 0. The number of carbonyl (C=O) groups is 3. The molecule has 138 valence electrons. The van der Waals surface area contributed by atoms with Crippen LogP contribution in [0.3, 0.4) is 0 Å². The molecule has 25 heavy (non-hydrogen) atoms. The van der Waals surface area contributed by atoms with E-state index in [0.29, 0.717) is 16.8 Å². The number of hydrogen-bond donors (Lipinski definition) is 3. The molecule has 1 unspecified atom stereocenters. The zero-order valence-corrected chi connectivity index (χ0v) is 16.1. The molecule has 1 aromatic carbocycles. The Balaban J connectivity index is 3.03. The summed E-state index contributed by atoms with van der Waals surface area (Å²) >= 11 is 0. The summed E-state index contributed by atoms with van der Waals surface area (Å²) in [5.41, 5.74) is 1.40. The minimum absolute atomic E-state index is 0.0587. The molecule has 0 heterocycles. The lowest BCUT2D eigenvalue weighted by molar-refractivity contribution is -0.126. The van der Waals surface area contributed by atoms with E-state index < -0.39 is 6.04 Å². The summed E-state index contributed by atoms with van der Waals surface area (Å²) in [6.45, 7) is 12.6. The number of hydrogen-bond acceptors (Lipinski definition) is 3. The maximum Gasteiger partial charge on any atom is 0.252 e. The molecular weight excluding hydrogens is 318 g/mol. The highest BCUT2D eigenvalue weighted by atomic mass is 16.2. The molecule has 0 radical (unpaired) electrons. The van der Waals surface area contributed by atoms with E-state index in [1.807, 2.05) is 34.6 Å². The van der Waals surface area contributed by atoms with Gasteiger partial charge in [0, 0.05) is 23.7 Å². The summed E-state index contributed by atoms with van der Waals surface area (Å²) in [7, 11) is 0. The van der Waals surface area contributed by atoms with Crippen molar-refractivity contribution in [3.8, 4) is 0 Å². The second kappa shape index (κ2) is 8.14. The highest BCUT2D eigenvalue weighted by Crippen LogP contribution is 2.20. The number of nitrogens with one attached hydrogen (secondary N) is 3. The predicted octanol–water partition coefficient (Wildman–Crippen LogP) is 2.62. The fourth-order valence-corrected chi connectivity index (χ4v) is 2.39. The maximum atomic E-state index is 12.5. The molecule has 0 fully saturated rings. The topological polar surface area (TPSA) is 87.3 Å². The first-order chi connectivity index (χ1) is 11.4. The number of carbonyl (C=O) groups excluding carboxylic acids is 3. The fourth-order valence-electron chi connectivity index (χ4n) is 2.39. The molecule has 6 nitrogen and oxygen atoms in total. The zero-order chi connectivity index (χ0) is 19.4. The summed E-state index contributed by atoms with van der Waals surface area (Å²) in [6, 6.07) is 4.55. The Morgan fingerprint density at radius 3 is 2.16 bits per heavy atom. The van der Waals surface area contributed by atoms with Crippen molar-refractivity contribution in [2.75, 3.05) is 5.32 Å². The number of amides is 3. The summed E-state index contributed by atoms with van der Waals surface area (Å²) in [4.78, 5) is 36.3. The van der Waals surface area contributed by atoms with E-state index >= 15 is 0 Å². The summed E-state index contributed by atoms with van der Waals surface area (Å²) in [5, 5.41) is 8.39. The van der Waals surface area contributed by atoms with Gasteiger partial charge in [-0.2, -0.15) is 0 Å². The van der Waals surface area contributed by atoms with Crippen LogP contribution in [0.1, 0.15) is 57.5 Å². The Bertz CT molecular complexity index is 660. The molecule has 0 aliphatic heterocycles. The van der Waals surface area contributed by atoms with Gasteiger partial charge in [-0.3, -0.25) is 14.4 Å². The van der Waals surface area contributed by atoms with Gasteiger partial charge in [-0.05, 0) is 51.3 Å². The highest BCUT2D eigenvalue weighted by Gasteiger charge is 2.24. The van der Waals surface area contributed by atoms with Crippen LogP contribution in [0, 0.1) is 12.8 Å². The second-order valence-corrected chi connectivity index (χ2v) is 7.59. The molecule has 1 rings (SSSR count). The molecule has 6 heteroatoms. The molecule has 0 aliphatic carbocycles. The van der Waals surface area contributed by atoms with Crippen molar-refractivity contribution in [3.05, 3.63) is 29.3 Å². The SMILES string of the molecule is CC(=O)NC(C(=O)Nc1cccc(C(=O)NC(C)(C)C)c1C)C(C)C. The molecule has 3 amide bonds. The predicted molar refractivity (Wildman–Crippen MR) is 99.5 cm³/mol. The minimum Gasteiger partial charge on any atom is -0.347 e. The summed E-state index contributed by atoms with van der Waals surface area (Å²) in [5.74, 6) is -0.814. The van der Waals surface area contributed by atoms with Crippen LogP contribution in [0.5, 0.6) is 0 Å². The lowest BCUT2D eigenvalue weighted by atomic mass is 10.0. The van der Waals surface area contributed by atoms with Crippen LogP contribution in [-0.2, 0) is 9.59 Å². The highest BCUT2D eigenvalue weighted by molar-refractivity contribution is 6.01. The molecule has 1 aromatic rings. The van der Waals surface area contributed by atoms with Crippen molar-refractivity contribution in [1.82, 2.24) is 10.6 Å². The molecule has 0 bridgehead atoms. The van der Waals surface area contributed by atoms with Crippen LogP contribution in [0.4, 0.5) is 5.69 Å². The van der Waals surface area contributed by atoms with Gasteiger partial charge < -0.3 is 16.0 Å². The van der Waals surface area contributed by atoms with Gasteiger partial charge in [-0.15, -0.1) is 0 Å². The van der Waals surface area contributed by atoms with E-state index in [-0.39, 0.29) is 29.2 Å². The van der Waals surface area contributed by atoms with Gasteiger partial charge >= 0.3 is 0 Å². The van der Waals surface area contributed by atoms with Crippen molar-refractivity contribution < 1.29 is 14.4 Å². The standard InChI is InChI=1S/C19H29N3O3/c1-11(2)16(20-13(4)23)18(25)21-15-10-8-9-14(12(15)3)17(24)22-19(5,6)7/h8-11,16H,1-7H3,(H,20,23)(H,21,25)(H,22,24). The third kappa shape index (κ3) is 6.21. The van der Waals surface area contributed by atoms with Crippen LogP contribution in [0.15, 0.2) is 18.2 Å². The van der Waals surface area contributed by atoms with Crippen LogP contribution in [0.25, 0.3) is 0 Å². The van der Waals surface area contributed by atoms with Gasteiger partial charge in [0.05, 0.1) is 0 Å². The Hall–Kier alpha value is -2.37. The fraction of sp³-hybridized carbons (Fsp3) is 0.526. The third-order valence-corrected chi connectivity index (χ3v) is 3.63. The molecule has 0 spiro atoms. The number of benzene rings is 1. The molecule has 0 aliphatic rings. The van der Waals surface area contributed by atoms with E-state index in [0.717, 1.165) is 0 Å². The molecule has 0 aromatic heterocycles. The second-order valence-electron chi connectivity index (χ2n) is 7.59. The van der Waals surface area contributed by atoms with Gasteiger partial charge in [-0.1, -0.05) is 19.9 Å². The van der Waals surface area contributed by atoms with Gasteiger partial charge in [-0.25, -0.2) is 0 Å². The van der Waals surface area contributed by atoms with Crippen LogP contribution in [-0.4, -0.2) is 29.3 Å². The monoisotopic (exact) mass is 347 g/mol. The van der Waals surface area contributed by atoms with E-state index in [1.165, 1.54) is 6.92 Å². The average molecular weight is 347 g/mol. The van der Waals surface area contributed by atoms with Crippen molar-refractivity contribution >= 4 is 23.4 Å². The summed E-state index contributed by atoms with van der Waals surface area (Å²) in [6.07, 6.45) is 0. The van der Waals surface area contributed by atoms with Crippen LogP contribution < -0.4 is 16.0 Å². The Kier molecular flexibility index (Phi) is 6.73. The zero-order valence-electron chi connectivity index (χ0n) is 16.1. The molecule has 3 N–H and O–H groups in total. The molecular formula is C19H29N3O3. The van der Waals surface area contributed by atoms with E-state index in [1.54, 1.807) is 25.1 Å². The molecule has 0 saturated heterocycles. The van der Waals surface area contributed by atoms with Gasteiger partial charge in [0.2, 0.25) is 11.8 Å². The van der Waals surface area contributed by atoms with Crippen molar-refractivity contribution in [2.45, 2.75) is 60.0 Å². The van der Waals surface area contributed by atoms with Gasteiger partial charge in [0.25, 0.3) is 5.91 Å². The van der Waals surface area contributed by atoms with E-state index in [4.69, 9.17) is 0 Å². The Labute approximate surface area is 149 Å². The third-order valence-electron chi connectivity index (χ3n) is 3.63. The lowest BCUT2D eigenvalue weighted by Gasteiger charge is -2.23. The van der Waals surface area contributed by atoms with E-state index in [2.05, 4.69) is 16.0 Å². The first kappa shape index (κ1) is 20.7. The maximum absolute atomic E-state index is 12.5. The first-order valence-electron chi connectivity index (χ1n) is 8.42. The minimum atomic E-state index is -0.635. The quantitative estimate of drug-likeness (QED) is 0.765. The number of rotatable bonds is 5. The van der Waals surface area contributed by atoms with Gasteiger partial charge in [0.15, 0.2) is 0 Å². The first-order valence-corrected chi connectivity index (χ1v) is 8.42. The van der Waals surface area contributed by atoms with E-state index in [9.17, 15) is 14.4 Å². The lowest BCUT2D eigenvalue weighted by Crippen LogP contribution is -2.46. The normalized spacial score (nSPS) is 12.5. The smallest absolute Gasteiger partial charge is 0.252 e. The molecule has 1 atom stereocenters. The molecule has 0 saturated carbocycles. The average Bonchev–Trinajstić information content (AvgIpc) is 2.44. The van der Waals surface area contributed by atoms with Crippen LogP contribution >= 0.6 is 0 Å². The Morgan fingerprint density at radius 2 is 1.68 bits per heavy atom. The largest absolute Gasteiger partial charge is 0.347 e.